The fraction of sp³-hybridized carbons (Fsp3) is 0.917. The fourth-order valence-corrected chi connectivity index (χ4v) is 1.98. The van der Waals surface area contributed by atoms with Gasteiger partial charge in [-0.2, -0.15) is 0 Å². The van der Waals surface area contributed by atoms with Gasteiger partial charge in [-0.05, 0) is 53.0 Å². The Morgan fingerprint density at radius 1 is 1.31 bits per heavy atom. The van der Waals surface area contributed by atoms with Crippen LogP contribution in [0.15, 0.2) is 0 Å². The number of rotatable bonds is 7. The number of nitrogens with one attached hydrogen (secondary N) is 1. The van der Waals surface area contributed by atoms with Crippen molar-refractivity contribution in [1.29, 1.82) is 0 Å². The van der Waals surface area contributed by atoms with E-state index in [1.165, 1.54) is 25.9 Å². The van der Waals surface area contributed by atoms with Gasteiger partial charge in [-0.15, -0.1) is 0 Å². The van der Waals surface area contributed by atoms with Crippen molar-refractivity contribution >= 4 is 5.91 Å². The number of nitrogens with zero attached hydrogens (tertiary/aromatic N) is 2. The quantitative estimate of drug-likeness (QED) is 0.645. The fourth-order valence-electron chi connectivity index (χ4n) is 1.98. The van der Waals surface area contributed by atoms with Gasteiger partial charge in [0.05, 0.1) is 0 Å². The lowest BCUT2D eigenvalue weighted by molar-refractivity contribution is -0.121. The third-order valence-electron chi connectivity index (χ3n) is 2.96. The molecule has 0 aliphatic carbocycles. The average molecular weight is 227 g/mol. The molecule has 1 aliphatic heterocycles. The first kappa shape index (κ1) is 13.5. The third kappa shape index (κ3) is 6.08. The maximum Gasteiger partial charge on any atom is 0.221 e. The van der Waals surface area contributed by atoms with Crippen molar-refractivity contribution in [2.45, 2.75) is 25.7 Å². The van der Waals surface area contributed by atoms with Gasteiger partial charge in [0.1, 0.15) is 0 Å². The second-order valence-corrected chi connectivity index (χ2v) is 4.81. The zero-order valence-electron chi connectivity index (χ0n) is 10.7. The minimum absolute atomic E-state index is 0.200. The molecule has 0 bridgehead atoms. The highest BCUT2D eigenvalue weighted by Gasteiger charge is 2.12. The SMILES string of the molecule is CN(C)CCCNC(=O)CCN1CCCC1. The number of amides is 1. The summed E-state index contributed by atoms with van der Waals surface area (Å²) in [5.74, 6) is 0.200. The number of hydrogen-bond acceptors (Lipinski definition) is 3. The van der Waals surface area contributed by atoms with Crippen LogP contribution in [0.25, 0.3) is 0 Å². The van der Waals surface area contributed by atoms with Crippen LogP contribution in [0.5, 0.6) is 0 Å². The third-order valence-corrected chi connectivity index (χ3v) is 2.96. The van der Waals surface area contributed by atoms with E-state index in [9.17, 15) is 4.79 Å². The van der Waals surface area contributed by atoms with Crippen molar-refractivity contribution in [3.05, 3.63) is 0 Å². The van der Waals surface area contributed by atoms with Crippen LogP contribution in [0, 0.1) is 0 Å². The van der Waals surface area contributed by atoms with Crippen LogP contribution in [0.1, 0.15) is 25.7 Å². The molecule has 1 saturated heterocycles. The van der Waals surface area contributed by atoms with Crippen LogP contribution < -0.4 is 5.32 Å². The average Bonchev–Trinajstić information content (AvgIpc) is 2.74. The summed E-state index contributed by atoms with van der Waals surface area (Å²) in [6.07, 6.45) is 4.28. The molecule has 0 aromatic carbocycles. The van der Waals surface area contributed by atoms with E-state index in [1.807, 2.05) is 0 Å². The molecular formula is C12H25N3O. The van der Waals surface area contributed by atoms with Crippen molar-refractivity contribution in [3.63, 3.8) is 0 Å². The lowest BCUT2D eigenvalue weighted by Gasteiger charge is -2.14. The Bertz CT molecular complexity index is 200. The van der Waals surface area contributed by atoms with Crippen LogP contribution in [0.2, 0.25) is 0 Å². The molecule has 0 aromatic heterocycles. The molecule has 0 unspecified atom stereocenters. The van der Waals surface area contributed by atoms with Gasteiger partial charge >= 0.3 is 0 Å². The van der Waals surface area contributed by atoms with Gasteiger partial charge in [0.15, 0.2) is 0 Å². The highest BCUT2D eigenvalue weighted by molar-refractivity contribution is 5.75. The zero-order valence-corrected chi connectivity index (χ0v) is 10.7. The first-order valence-corrected chi connectivity index (χ1v) is 6.32. The van der Waals surface area contributed by atoms with Gasteiger partial charge in [-0.3, -0.25) is 4.79 Å². The maximum absolute atomic E-state index is 11.5. The largest absolute Gasteiger partial charge is 0.356 e. The van der Waals surface area contributed by atoms with Gasteiger partial charge in [-0.25, -0.2) is 0 Å². The highest BCUT2D eigenvalue weighted by atomic mass is 16.1. The van der Waals surface area contributed by atoms with Gasteiger partial charge in [0.25, 0.3) is 0 Å². The second-order valence-electron chi connectivity index (χ2n) is 4.81. The van der Waals surface area contributed by atoms with E-state index >= 15 is 0 Å². The zero-order chi connectivity index (χ0) is 11.8. The summed E-state index contributed by atoms with van der Waals surface area (Å²) in [6, 6.07) is 0. The molecule has 94 valence electrons. The Morgan fingerprint density at radius 3 is 2.62 bits per heavy atom. The van der Waals surface area contributed by atoms with Crippen LogP contribution in [-0.4, -0.2) is 62.5 Å². The monoisotopic (exact) mass is 227 g/mol. The summed E-state index contributed by atoms with van der Waals surface area (Å²) in [7, 11) is 4.10. The first-order chi connectivity index (χ1) is 7.68. The predicted molar refractivity (Wildman–Crippen MR) is 66.5 cm³/mol. The molecule has 0 aromatic rings. The topological polar surface area (TPSA) is 35.6 Å². The Kier molecular flexibility index (Phi) is 6.42. The van der Waals surface area contributed by atoms with Gasteiger partial charge in [-0.1, -0.05) is 0 Å². The summed E-state index contributed by atoms with van der Waals surface area (Å²) in [5, 5.41) is 2.97. The molecule has 16 heavy (non-hydrogen) atoms. The molecule has 0 saturated carbocycles. The molecule has 0 atom stereocenters. The molecule has 1 amide bonds. The van der Waals surface area contributed by atoms with Crippen molar-refractivity contribution in [2.75, 3.05) is 46.8 Å². The number of likely N-dealkylation sites (tertiary alicyclic amines) is 1. The second kappa shape index (κ2) is 7.63. The van der Waals surface area contributed by atoms with E-state index in [2.05, 4.69) is 29.2 Å². The van der Waals surface area contributed by atoms with Crippen molar-refractivity contribution in [2.24, 2.45) is 0 Å². The minimum Gasteiger partial charge on any atom is -0.356 e. The molecule has 1 rings (SSSR count). The van der Waals surface area contributed by atoms with Crippen molar-refractivity contribution in [3.8, 4) is 0 Å². The van der Waals surface area contributed by atoms with E-state index in [0.717, 1.165) is 26.1 Å². The number of hydrogen-bond donors (Lipinski definition) is 1. The number of carbonyl (C=O) groups excluding carboxylic acids is 1. The standard InChI is InChI=1S/C12H25N3O/c1-14(2)8-5-7-13-12(16)6-11-15-9-3-4-10-15/h3-11H2,1-2H3,(H,13,16). The Labute approximate surface area is 99.0 Å². The minimum atomic E-state index is 0.200. The normalized spacial score (nSPS) is 16.9. The summed E-state index contributed by atoms with van der Waals surface area (Å²) in [6.45, 7) is 5.12. The lowest BCUT2D eigenvalue weighted by Crippen LogP contribution is -2.31. The summed E-state index contributed by atoms with van der Waals surface area (Å²) in [4.78, 5) is 16.0. The predicted octanol–water partition coefficient (Wildman–Crippen LogP) is 0.540. The molecule has 1 fully saturated rings. The molecular weight excluding hydrogens is 202 g/mol. The van der Waals surface area contributed by atoms with Crippen molar-refractivity contribution < 1.29 is 4.79 Å². The van der Waals surface area contributed by atoms with Crippen LogP contribution in [-0.2, 0) is 4.79 Å². The van der Waals surface area contributed by atoms with E-state index in [-0.39, 0.29) is 5.91 Å². The molecule has 0 spiro atoms. The van der Waals surface area contributed by atoms with Crippen LogP contribution in [0.3, 0.4) is 0 Å². The number of carbonyl (C=O) groups is 1. The van der Waals surface area contributed by atoms with E-state index in [0.29, 0.717) is 6.42 Å². The van der Waals surface area contributed by atoms with Crippen molar-refractivity contribution in [1.82, 2.24) is 15.1 Å². The maximum atomic E-state index is 11.5. The van der Waals surface area contributed by atoms with Crippen LogP contribution >= 0.6 is 0 Å². The lowest BCUT2D eigenvalue weighted by atomic mass is 10.3. The molecule has 0 radical (unpaired) electrons. The van der Waals surface area contributed by atoms with Crippen LogP contribution in [0.4, 0.5) is 0 Å². The van der Waals surface area contributed by atoms with Gasteiger partial charge < -0.3 is 15.1 Å². The van der Waals surface area contributed by atoms with E-state index < -0.39 is 0 Å². The van der Waals surface area contributed by atoms with Gasteiger partial charge in [0, 0.05) is 19.5 Å². The van der Waals surface area contributed by atoms with E-state index in [4.69, 9.17) is 0 Å². The van der Waals surface area contributed by atoms with Gasteiger partial charge in [0.2, 0.25) is 5.91 Å². The molecule has 4 heteroatoms. The molecule has 1 aliphatic rings. The first-order valence-electron chi connectivity index (χ1n) is 6.32. The smallest absolute Gasteiger partial charge is 0.221 e. The van der Waals surface area contributed by atoms with E-state index in [1.54, 1.807) is 0 Å². The Hall–Kier alpha value is -0.610. The molecule has 1 heterocycles. The summed E-state index contributed by atoms with van der Waals surface area (Å²) in [5.41, 5.74) is 0. The summed E-state index contributed by atoms with van der Waals surface area (Å²) >= 11 is 0. The molecule has 1 N–H and O–H groups in total. The molecule has 4 nitrogen and oxygen atoms in total. The summed E-state index contributed by atoms with van der Waals surface area (Å²) < 4.78 is 0. The highest BCUT2D eigenvalue weighted by Crippen LogP contribution is 2.06. The Morgan fingerprint density at radius 2 is 2.00 bits per heavy atom. The Balaban J connectivity index is 1.94.